The number of carbonyl (C=O) groups is 1. The van der Waals surface area contributed by atoms with Gasteiger partial charge in [0.25, 0.3) is 0 Å². The fraction of sp³-hybridized carbons (Fsp3) is 0.278. The first-order valence-corrected chi connectivity index (χ1v) is 8.88. The van der Waals surface area contributed by atoms with E-state index in [9.17, 15) is 4.79 Å². The lowest BCUT2D eigenvalue weighted by Gasteiger charge is -2.05. The fourth-order valence-corrected chi connectivity index (χ4v) is 2.96. The number of methoxy groups -OCH3 is 1. The van der Waals surface area contributed by atoms with E-state index >= 15 is 0 Å². The van der Waals surface area contributed by atoms with Gasteiger partial charge in [-0.2, -0.15) is 4.98 Å². The molecule has 3 aromatic rings. The highest BCUT2D eigenvalue weighted by molar-refractivity contribution is 7.13. The molecule has 6 nitrogen and oxygen atoms in total. The Morgan fingerprint density at radius 3 is 2.80 bits per heavy atom. The summed E-state index contributed by atoms with van der Waals surface area (Å²) >= 11 is 1.55. The summed E-state index contributed by atoms with van der Waals surface area (Å²) < 4.78 is 10.3. The highest BCUT2D eigenvalue weighted by Gasteiger charge is 2.11. The molecule has 0 radical (unpaired) electrons. The van der Waals surface area contributed by atoms with Gasteiger partial charge in [0, 0.05) is 19.4 Å². The van der Waals surface area contributed by atoms with Gasteiger partial charge < -0.3 is 14.6 Å². The number of ether oxygens (including phenoxy) is 1. The number of hydrogen-bond acceptors (Lipinski definition) is 6. The van der Waals surface area contributed by atoms with Crippen LogP contribution in [0.25, 0.3) is 10.7 Å². The predicted molar refractivity (Wildman–Crippen MR) is 95.6 cm³/mol. The minimum Gasteiger partial charge on any atom is -0.497 e. The zero-order valence-electron chi connectivity index (χ0n) is 13.9. The van der Waals surface area contributed by atoms with E-state index in [4.69, 9.17) is 9.26 Å². The van der Waals surface area contributed by atoms with Crippen LogP contribution in [0.2, 0.25) is 0 Å². The third kappa shape index (κ3) is 4.90. The molecule has 2 heterocycles. The van der Waals surface area contributed by atoms with Gasteiger partial charge in [-0.1, -0.05) is 23.4 Å². The van der Waals surface area contributed by atoms with E-state index in [2.05, 4.69) is 15.5 Å². The first kappa shape index (κ1) is 17.2. The molecule has 2 aromatic heterocycles. The zero-order valence-corrected chi connectivity index (χ0v) is 14.7. The number of nitrogens with one attached hydrogen (secondary N) is 1. The Morgan fingerprint density at radius 1 is 1.24 bits per heavy atom. The second-order valence-corrected chi connectivity index (χ2v) is 6.38. The van der Waals surface area contributed by atoms with Gasteiger partial charge in [0.15, 0.2) is 0 Å². The summed E-state index contributed by atoms with van der Waals surface area (Å²) in [5, 5.41) is 8.80. The molecule has 1 amide bonds. The zero-order chi connectivity index (χ0) is 17.5. The van der Waals surface area contributed by atoms with Crippen LogP contribution >= 0.6 is 11.3 Å². The molecule has 0 bridgehead atoms. The van der Waals surface area contributed by atoms with Gasteiger partial charge in [0.2, 0.25) is 17.6 Å². The normalized spacial score (nSPS) is 10.6. The van der Waals surface area contributed by atoms with Crippen LogP contribution in [0.5, 0.6) is 5.75 Å². The number of benzene rings is 1. The average Bonchev–Trinajstić information content (AvgIpc) is 3.32. The van der Waals surface area contributed by atoms with Crippen LogP contribution in [0.1, 0.15) is 17.9 Å². The van der Waals surface area contributed by atoms with Gasteiger partial charge in [-0.25, -0.2) is 0 Å². The molecule has 0 atom stereocenters. The van der Waals surface area contributed by atoms with Crippen molar-refractivity contribution >= 4 is 17.2 Å². The molecule has 0 aliphatic heterocycles. The van der Waals surface area contributed by atoms with Gasteiger partial charge >= 0.3 is 0 Å². The Bertz CT molecular complexity index is 797. The van der Waals surface area contributed by atoms with Gasteiger partial charge in [0.1, 0.15) is 5.75 Å². The van der Waals surface area contributed by atoms with E-state index < -0.39 is 0 Å². The minimum absolute atomic E-state index is 0.0237. The number of aromatic nitrogens is 2. The van der Waals surface area contributed by atoms with Crippen molar-refractivity contribution in [3.8, 4) is 16.5 Å². The number of hydrogen-bond donors (Lipinski definition) is 1. The first-order chi connectivity index (χ1) is 12.2. The molecule has 0 aliphatic rings. The third-order valence-electron chi connectivity index (χ3n) is 3.67. The largest absolute Gasteiger partial charge is 0.497 e. The smallest absolute Gasteiger partial charge is 0.227 e. The molecule has 7 heteroatoms. The standard InChI is InChI=1S/C18H19N3O3S/c1-23-14-6-4-13(5-7-14)10-11-19-16(22)8-9-17-20-18(21-24-17)15-3-2-12-25-15/h2-7,12H,8-11H2,1H3,(H,19,22). The number of rotatable bonds is 8. The van der Waals surface area contributed by atoms with Gasteiger partial charge in [-0.05, 0) is 35.6 Å². The van der Waals surface area contributed by atoms with Crippen LogP contribution in [0.15, 0.2) is 46.3 Å². The quantitative estimate of drug-likeness (QED) is 0.670. The summed E-state index contributed by atoms with van der Waals surface area (Å²) in [4.78, 5) is 17.2. The molecule has 3 rings (SSSR count). The minimum atomic E-state index is -0.0237. The molecule has 1 aromatic carbocycles. The van der Waals surface area contributed by atoms with E-state index in [0.717, 1.165) is 22.6 Å². The summed E-state index contributed by atoms with van der Waals surface area (Å²) in [6, 6.07) is 11.7. The van der Waals surface area contributed by atoms with Crippen molar-refractivity contribution in [2.45, 2.75) is 19.3 Å². The number of aryl methyl sites for hydroxylation is 1. The lowest BCUT2D eigenvalue weighted by Crippen LogP contribution is -2.25. The van der Waals surface area contributed by atoms with Crippen molar-refractivity contribution in [1.82, 2.24) is 15.5 Å². The molecule has 0 saturated carbocycles. The highest BCUT2D eigenvalue weighted by atomic mass is 32.1. The van der Waals surface area contributed by atoms with Crippen LogP contribution in [-0.2, 0) is 17.6 Å². The fourth-order valence-electron chi connectivity index (χ4n) is 2.31. The molecule has 130 valence electrons. The molecular weight excluding hydrogens is 338 g/mol. The Morgan fingerprint density at radius 2 is 2.08 bits per heavy atom. The van der Waals surface area contributed by atoms with Crippen LogP contribution in [-0.4, -0.2) is 29.7 Å². The highest BCUT2D eigenvalue weighted by Crippen LogP contribution is 2.21. The molecule has 0 spiro atoms. The molecule has 0 fully saturated rings. The van der Waals surface area contributed by atoms with E-state index in [1.165, 1.54) is 0 Å². The third-order valence-corrected chi connectivity index (χ3v) is 4.54. The van der Waals surface area contributed by atoms with Crippen molar-refractivity contribution in [1.29, 1.82) is 0 Å². The Balaban J connectivity index is 1.39. The second kappa shape index (κ2) is 8.43. The topological polar surface area (TPSA) is 77.2 Å². The monoisotopic (exact) mass is 357 g/mol. The van der Waals surface area contributed by atoms with E-state index in [1.54, 1.807) is 18.4 Å². The number of amides is 1. The summed E-state index contributed by atoms with van der Waals surface area (Å²) in [6.07, 6.45) is 1.54. The Labute approximate surface area is 149 Å². The van der Waals surface area contributed by atoms with Crippen molar-refractivity contribution in [3.05, 3.63) is 53.2 Å². The number of nitrogens with zero attached hydrogens (tertiary/aromatic N) is 2. The van der Waals surface area contributed by atoms with E-state index in [1.807, 2.05) is 41.8 Å². The number of thiophene rings is 1. The van der Waals surface area contributed by atoms with Crippen LogP contribution in [0.4, 0.5) is 0 Å². The maximum Gasteiger partial charge on any atom is 0.227 e. The van der Waals surface area contributed by atoms with Gasteiger partial charge in [-0.15, -0.1) is 11.3 Å². The van der Waals surface area contributed by atoms with Crippen molar-refractivity contribution in [3.63, 3.8) is 0 Å². The summed E-state index contributed by atoms with van der Waals surface area (Å²) in [5.41, 5.74) is 1.15. The molecule has 0 saturated heterocycles. The van der Waals surface area contributed by atoms with Crippen LogP contribution in [0.3, 0.4) is 0 Å². The maximum atomic E-state index is 11.9. The Hall–Kier alpha value is -2.67. The lowest BCUT2D eigenvalue weighted by molar-refractivity contribution is -0.121. The molecular formula is C18H19N3O3S. The average molecular weight is 357 g/mol. The summed E-state index contributed by atoms with van der Waals surface area (Å²) in [6.45, 7) is 0.593. The van der Waals surface area contributed by atoms with Gasteiger partial charge in [0.05, 0.1) is 12.0 Å². The van der Waals surface area contributed by atoms with E-state index in [0.29, 0.717) is 31.1 Å². The molecule has 1 N–H and O–H groups in total. The molecule has 0 unspecified atom stereocenters. The summed E-state index contributed by atoms with van der Waals surface area (Å²) in [5.74, 6) is 1.86. The van der Waals surface area contributed by atoms with Crippen LogP contribution < -0.4 is 10.1 Å². The van der Waals surface area contributed by atoms with Crippen molar-refractivity contribution < 1.29 is 14.1 Å². The van der Waals surface area contributed by atoms with E-state index in [-0.39, 0.29) is 5.91 Å². The second-order valence-electron chi connectivity index (χ2n) is 5.44. The van der Waals surface area contributed by atoms with Crippen molar-refractivity contribution in [2.75, 3.05) is 13.7 Å². The molecule has 25 heavy (non-hydrogen) atoms. The first-order valence-electron chi connectivity index (χ1n) is 8.00. The Kier molecular flexibility index (Phi) is 5.79. The predicted octanol–water partition coefficient (Wildman–Crippen LogP) is 3.10. The SMILES string of the molecule is COc1ccc(CCNC(=O)CCc2nc(-c3cccs3)no2)cc1. The van der Waals surface area contributed by atoms with Gasteiger partial charge in [-0.3, -0.25) is 4.79 Å². The molecule has 0 aliphatic carbocycles. The lowest BCUT2D eigenvalue weighted by atomic mass is 10.1. The van der Waals surface area contributed by atoms with Crippen LogP contribution in [0, 0.1) is 0 Å². The maximum absolute atomic E-state index is 11.9. The van der Waals surface area contributed by atoms with Crippen molar-refractivity contribution in [2.24, 2.45) is 0 Å². The number of carbonyl (C=O) groups excluding carboxylic acids is 1. The summed E-state index contributed by atoms with van der Waals surface area (Å²) in [7, 11) is 1.64.